The molecule has 0 saturated carbocycles. The van der Waals surface area contributed by atoms with Crippen molar-refractivity contribution < 1.29 is 9.59 Å². The molecule has 4 heteroatoms. The quantitative estimate of drug-likeness (QED) is 0.675. The van der Waals surface area contributed by atoms with Crippen LogP contribution in [-0.4, -0.2) is 30.3 Å². The van der Waals surface area contributed by atoms with E-state index in [-0.39, 0.29) is 29.7 Å². The molecule has 0 heterocycles. The molecular formula is C15H30N2O2. The third-order valence-corrected chi connectivity index (χ3v) is 2.81. The summed E-state index contributed by atoms with van der Waals surface area (Å²) in [6, 6.07) is 0.0243. The average Bonchev–Trinajstić information content (AvgIpc) is 2.30. The standard InChI is InChI=1S/C15H30N2O2/c1-10(2)9-16-14(18)8-7-13(17-12(5)6)15(19)11(3)4/h10-13,17H,7-9H2,1-6H3,(H,16,18)/t13-/m0/s1. The Balaban J connectivity index is 4.26. The molecule has 0 unspecified atom stereocenters. The third-order valence-electron chi connectivity index (χ3n) is 2.81. The topological polar surface area (TPSA) is 58.2 Å². The number of ketones is 1. The van der Waals surface area contributed by atoms with E-state index in [0.29, 0.717) is 25.3 Å². The number of carbonyl (C=O) groups excluding carboxylic acids is 2. The van der Waals surface area contributed by atoms with Crippen LogP contribution in [0.25, 0.3) is 0 Å². The minimum Gasteiger partial charge on any atom is -0.356 e. The zero-order valence-electron chi connectivity index (χ0n) is 13.2. The molecular weight excluding hydrogens is 240 g/mol. The van der Waals surface area contributed by atoms with E-state index >= 15 is 0 Å². The summed E-state index contributed by atoms with van der Waals surface area (Å²) >= 11 is 0. The molecule has 0 saturated heterocycles. The highest BCUT2D eigenvalue weighted by atomic mass is 16.1. The van der Waals surface area contributed by atoms with Crippen molar-refractivity contribution in [3.63, 3.8) is 0 Å². The van der Waals surface area contributed by atoms with Crippen LogP contribution in [-0.2, 0) is 9.59 Å². The maximum atomic E-state index is 12.1. The second-order valence-corrected chi connectivity index (χ2v) is 6.17. The Hall–Kier alpha value is -0.900. The molecule has 0 aliphatic heterocycles. The Bertz CT molecular complexity index is 286. The van der Waals surface area contributed by atoms with Crippen LogP contribution in [0.15, 0.2) is 0 Å². The van der Waals surface area contributed by atoms with Crippen LogP contribution in [0.1, 0.15) is 54.4 Å². The van der Waals surface area contributed by atoms with Crippen molar-refractivity contribution in [2.24, 2.45) is 11.8 Å². The van der Waals surface area contributed by atoms with Crippen LogP contribution >= 0.6 is 0 Å². The predicted octanol–water partition coefficient (Wildman–Crippen LogP) is 2.13. The highest BCUT2D eigenvalue weighted by Crippen LogP contribution is 2.07. The van der Waals surface area contributed by atoms with E-state index in [4.69, 9.17) is 0 Å². The first-order chi connectivity index (χ1) is 8.73. The molecule has 0 bridgehead atoms. The molecule has 1 amide bonds. The van der Waals surface area contributed by atoms with Crippen molar-refractivity contribution in [2.45, 2.75) is 66.5 Å². The molecule has 0 rings (SSSR count). The summed E-state index contributed by atoms with van der Waals surface area (Å²) in [6.07, 6.45) is 0.967. The van der Waals surface area contributed by atoms with Crippen LogP contribution in [0.4, 0.5) is 0 Å². The van der Waals surface area contributed by atoms with E-state index in [1.807, 2.05) is 27.7 Å². The van der Waals surface area contributed by atoms with Crippen molar-refractivity contribution >= 4 is 11.7 Å². The third kappa shape index (κ3) is 8.76. The van der Waals surface area contributed by atoms with E-state index in [2.05, 4.69) is 24.5 Å². The molecule has 0 aliphatic rings. The molecule has 0 radical (unpaired) electrons. The first kappa shape index (κ1) is 18.1. The van der Waals surface area contributed by atoms with Crippen molar-refractivity contribution in [3.05, 3.63) is 0 Å². The Morgan fingerprint density at radius 1 is 1.00 bits per heavy atom. The zero-order valence-corrected chi connectivity index (χ0v) is 13.2. The average molecular weight is 270 g/mol. The fourth-order valence-corrected chi connectivity index (χ4v) is 1.79. The smallest absolute Gasteiger partial charge is 0.220 e. The van der Waals surface area contributed by atoms with Crippen molar-refractivity contribution in [3.8, 4) is 0 Å². The lowest BCUT2D eigenvalue weighted by Gasteiger charge is -2.21. The number of Topliss-reactive ketones (excluding diaryl/α,β-unsaturated/α-hetero) is 1. The molecule has 0 aromatic carbocycles. The van der Waals surface area contributed by atoms with Crippen LogP contribution in [0, 0.1) is 11.8 Å². The monoisotopic (exact) mass is 270 g/mol. The highest BCUT2D eigenvalue weighted by Gasteiger charge is 2.22. The molecule has 0 fully saturated rings. The second-order valence-electron chi connectivity index (χ2n) is 6.17. The van der Waals surface area contributed by atoms with Crippen LogP contribution in [0.3, 0.4) is 0 Å². The minimum atomic E-state index is -0.218. The van der Waals surface area contributed by atoms with Gasteiger partial charge in [0.25, 0.3) is 0 Å². The SMILES string of the molecule is CC(C)CNC(=O)CC[C@H](NC(C)C)C(=O)C(C)C. The van der Waals surface area contributed by atoms with Gasteiger partial charge < -0.3 is 10.6 Å². The number of hydrogen-bond acceptors (Lipinski definition) is 3. The first-order valence-electron chi connectivity index (χ1n) is 7.30. The zero-order chi connectivity index (χ0) is 15.0. The summed E-state index contributed by atoms with van der Waals surface area (Å²) in [5, 5.41) is 6.13. The molecule has 0 aliphatic carbocycles. The summed E-state index contributed by atoms with van der Waals surface area (Å²) < 4.78 is 0. The minimum absolute atomic E-state index is 0.00465. The number of nitrogens with one attached hydrogen (secondary N) is 2. The Morgan fingerprint density at radius 2 is 1.58 bits per heavy atom. The summed E-state index contributed by atoms with van der Waals surface area (Å²) in [5.74, 6) is 0.659. The lowest BCUT2D eigenvalue weighted by Crippen LogP contribution is -2.43. The van der Waals surface area contributed by atoms with E-state index in [1.54, 1.807) is 0 Å². The van der Waals surface area contributed by atoms with Gasteiger partial charge in [-0.1, -0.05) is 41.5 Å². The molecule has 0 aromatic rings. The van der Waals surface area contributed by atoms with E-state index in [0.717, 1.165) is 0 Å². The lowest BCUT2D eigenvalue weighted by molar-refractivity contribution is -0.125. The fourth-order valence-electron chi connectivity index (χ4n) is 1.79. The molecule has 19 heavy (non-hydrogen) atoms. The van der Waals surface area contributed by atoms with Gasteiger partial charge >= 0.3 is 0 Å². The van der Waals surface area contributed by atoms with Crippen LogP contribution < -0.4 is 10.6 Å². The highest BCUT2D eigenvalue weighted by molar-refractivity contribution is 5.86. The number of hydrogen-bond donors (Lipinski definition) is 2. The maximum Gasteiger partial charge on any atom is 0.220 e. The van der Waals surface area contributed by atoms with Gasteiger partial charge in [0.05, 0.1) is 6.04 Å². The van der Waals surface area contributed by atoms with E-state index in [9.17, 15) is 9.59 Å². The molecule has 1 atom stereocenters. The normalized spacial score (nSPS) is 13.1. The van der Waals surface area contributed by atoms with Gasteiger partial charge in [-0.2, -0.15) is 0 Å². The van der Waals surface area contributed by atoms with Crippen LogP contribution in [0.2, 0.25) is 0 Å². The second kappa shape index (κ2) is 9.08. The van der Waals surface area contributed by atoms with Gasteiger partial charge in [-0.05, 0) is 12.3 Å². The fraction of sp³-hybridized carbons (Fsp3) is 0.867. The van der Waals surface area contributed by atoms with Gasteiger partial charge in [0.2, 0.25) is 5.91 Å². The predicted molar refractivity (Wildman–Crippen MR) is 79.0 cm³/mol. The van der Waals surface area contributed by atoms with Crippen molar-refractivity contribution in [1.29, 1.82) is 0 Å². The molecule has 0 spiro atoms. The van der Waals surface area contributed by atoms with Gasteiger partial charge in [-0.25, -0.2) is 0 Å². The molecule has 0 aromatic heterocycles. The van der Waals surface area contributed by atoms with Gasteiger partial charge in [-0.3, -0.25) is 9.59 Å². The summed E-state index contributed by atoms with van der Waals surface area (Å²) in [6.45, 7) is 12.6. The largest absolute Gasteiger partial charge is 0.356 e. The summed E-state index contributed by atoms with van der Waals surface area (Å²) in [7, 11) is 0. The molecule has 2 N–H and O–H groups in total. The Morgan fingerprint density at radius 3 is 2.00 bits per heavy atom. The van der Waals surface area contributed by atoms with Crippen LogP contribution in [0.5, 0.6) is 0 Å². The summed E-state index contributed by atoms with van der Waals surface area (Å²) in [5.41, 5.74) is 0. The maximum absolute atomic E-state index is 12.1. The van der Waals surface area contributed by atoms with E-state index in [1.165, 1.54) is 0 Å². The first-order valence-corrected chi connectivity index (χ1v) is 7.30. The Labute approximate surface area is 117 Å². The Kier molecular flexibility index (Phi) is 8.65. The summed E-state index contributed by atoms with van der Waals surface area (Å²) in [4.78, 5) is 23.7. The van der Waals surface area contributed by atoms with Gasteiger partial charge in [0.15, 0.2) is 5.78 Å². The van der Waals surface area contributed by atoms with Gasteiger partial charge in [-0.15, -0.1) is 0 Å². The number of carbonyl (C=O) groups is 2. The van der Waals surface area contributed by atoms with Crippen molar-refractivity contribution in [2.75, 3.05) is 6.54 Å². The molecule has 4 nitrogen and oxygen atoms in total. The van der Waals surface area contributed by atoms with Gasteiger partial charge in [0, 0.05) is 24.9 Å². The van der Waals surface area contributed by atoms with Gasteiger partial charge in [0.1, 0.15) is 0 Å². The lowest BCUT2D eigenvalue weighted by atomic mass is 9.97. The number of rotatable bonds is 9. The number of amides is 1. The van der Waals surface area contributed by atoms with Crippen molar-refractivity contribution in [1.82, 2.24) is 10.6 Å². The van der Waals surface area contributed by atoms with E-state index < -0.39 is 0 Å². The molecule has 112 valence electrons.